The van der Waals surface area contributed by atoms with Crippen LogP contribution in [-0.4, -0.2) is 47.1 Å². The number of hydrogen-bond acceptors (Lipinski definition) is 7. The third-order valence-electron chi connectivity index (χ3n) is 3.80. The lowest BCUT2D eigenvalue weighted by atomic mass is 10.2. The number of nitro groups is 1. The van der Waals surface area contributed by atoms with Crippen molar-refractivity contribution in [3.05, 3.63) is 27.9 Å². The monoisotopic (exact) mass is 339 g/mol. The van der Waals surface area contributed by atoms with Crippen molar-refractivity contribution in [3.63, 3.8) is 0 Å². The average Bonchev–Trinajstić information content (AvgIpc) is 2.79. The van der Waals surface area contributed by atoms with Gasteiger partial charge < -0.3 is 9.64 Å². The molecule has 0 radical (unpaired) electrons. The highest BCUT2D eigenvalue weighted by molar-refractivity contribution is 7.99. The predicted octanol–water partition coefficient (Wildman–Crippen LogP) is 2.89. The van der Waals surface area contributed by atoms with Crippen LogP contribution in [0.25, 0.3) is 0 Å². The molecule has 0 aromatic carbocycles. The molecule has 7 nitrogen and oxygen atoms in total. The molecule has 1 aliphatic heterocycles. The maximum atomic E-state index is 11.6. The summed E-state index contributed by atoms with van der Waals surface area (Å²) in [5.41, 5.74) is -0.0488. The first-order chi connectivity index (χ1) is 11.1. The molecule has 0 aliphatic carbocycles. The highest BCUT2D eigenvalue weighted by atomic mass is 32.2. The number of methoxy groups -OCH3 is 1. The van der Waals surface area contributed by atoms with Crippen molar-refractivity contribution >= 4 is 29.2 Å². The molecule has 2 rings (SSSR count). The lowest BCUT2D eigenvalue weighted by Gasteiger charge is -2.24. The fraction of sp³-hybridized carbons (Fsp3) is 0.600. The molecule has 1 saturated heterocycles. The molecular weight excluding hydrogens is 318 g/mol. The van der Waals surface area contributed by atoms with E-state index >= 15 is 0 Å². The molecule has 2 heterocycles. The maximum Gasteiger partial charge on any atom is 0.339 e. The van der Waals surface area contributed by atoms with Gasteiger partial charge in [0.05, 0.1) is 17.6 Å². The molecule has 1 aliphatic rings. The average molecular weight is 339 g/mol. The van der Waals surface area contributed by atoms with Crippen molar-refractivity contribution < 1.29 is 14.5 Å². The Kier molecular flexibility index (Phi) is 6.20. The van der Waals surface area contributed by atoms with Crippen LogP contribution in [0.1, 0.15) is 36.5 Å². The van der Waals surface area contributed by atoms with E-state index in [0.717, 1.165) is 38.1 Å². The van der Waals surface area contributed by atoms with Gasteiger partial charge in [-0.3, -0.25) is 10.1 Å². The minimum atomic E-state index is -0.623. The topological polar surface area (TPSA) is 85.6 Å². The fourth-order valence-electron chi connectivity index (χ4n) is 2.72. The Balaban J connectivity index is 2.32. The minimum absolute atomic E-state index is 0.0947. The van der Waals surface area contributed by atoms with Crippen molar-refractivity contribution in [2.75, 3.05) is 30.9 Å². The van der Waals surface area contributed by atoms with E-state index in [2.05, 4.69) is 16.6 Å². The second-order valence-electron chi connectivity index (χ2n) is 5.33. The lowest BCUT2D eigenvalue weighted by Crippen LogP contribution is -2.31. The molecule has 1 aromatic heterocycles. The molecule has 1 fully saturated rings. The summed E-state index contributed by atoms with van der Waals surface area (Å²) in [7, 11) is 1.24. The van der Waals surface area contributed by atoms with Crippen molar-refractivity contribution in [1.29, 1.82) is 0 Å². The van der Waals surface area contributed by atoms with Crippen LogP contribution in [0.15, 0.2) is 12.3 Å². The van der Waals surface area contributed by atoms with E-state index in [1.165, 1.54) is 19.4 Å². The molecule has 1 unspecified atom stereocenters. The van der Waals surface area contributed by atoms with Crippen molar-refractivity contribution in [1.82, 2.24) is 4.98 Å². The summed E-state index contributed by atoms with van der Waals surface area (Å²) in [6, 6.07) is 1.25. The number of pyridine rings is 1. The number of aromatic nitrogens is 1. The van der Waals surface area contributed by atoms with Crippen LogP contribution >= 0.6 is 11.8 Å². The van der Waals surface area contributed by atoms with Gasteiger partial charge in [-0.1, -0.05) is 13.3 Å². The van der Waals surface area contributed by atoms with E-state index in [-0.39, 0.29) is 11.3 Å². The summed E-state index contributed by atoms with van der Waals surface area (Å²) in [4.78, 5) is 28.7. The van der Waals surface area contributed by atoms with E-state index in [1.807, 2.05) is 16.7 Å². The van der Waals surface area contributed by atoms with Gasteiger partial charge in [-0.2, -0.15) is 11.8 Å². The van der Waals surface area contributed by atoms with Gasteiger partial charge >= 0.3 is 11.7 Å². The molecule has 23 heavy (non-hydrogen) atoms. The standard InChI is InChI=1S/C15H21N3O4S/c1-3-23-12-6-4-5-7-17(10-12)14-13(18(20)21)8-11(9-16-14)15(19)22-2/h8-9,12H,3-7,10H2,1-2H3. The van der Waals surface area contributed by atoms with Gasteiger partial charge in [0.25, 0.3) is 0 Å². The van der Waals surface area contributed by atoms with Crippen molar-refractivity contribution in [2.24, 2.45) is 0 Å². The van der Waals surface area contributed by atoms with E-state index in [1.54, 1.807) is 0 Å². The van der Waals surface area contributed by atoms with E-state index < -0.39 is 10.9 Å². The van der Waals surface area contributed by atoms with Crippen molar-refractivity contribution in [3.8, 4) is 0 Å². The third-order valence-corrected chi connectivity index (χ3v) is 4.98. The first-order valence-electron chi connectivity index (χ1n) is 7.66. The number of anilines is 1. The molecule has 0 spiro atoms. The summed E-state index contributed by atoms with van der Waals surface area (Å²) < 4.78 is 4.61. The van der Waals surface area contributed by atoms with Crippen LogP contribution in [-0.2, 0) is 4.74 Å². The zero-order chi connectivity index (χ0) is 16.8. The molecule has 1 aromatic rings. The zero-order valence-electron chi connectivity index (χ0n) is 13.4. The number of nitrogens with zero attached hydrogens (tertiary/aromatic N) is 3. The number of esters is 1. The molecule has 8 heteroatoms. The second kappa shape index (κ2) is 8.14. The first-order valence-corrected chi connectivity index (χ1v) is 8.71. The zero-order valence-corrected chi connectivity index (χ0v) is 14.2. The van der Waals surface area contributed by atoms with E-state index in [0.29, 0.717) is 11.1 Å². The summed E-state index contributed by atoms with van der Waals surface area (Å²) in [6.45, 7) is 3.60. The number of rotatable bonds is 5. The van der Waals surface area contributed by atoms with Gasteiger partial charge in [0.2, 0.25) is 5.82 Å². The number of ether oxygens (including phenoxy) is 1. The fourth-order valence-corrected chi connectivity index (χ4v) is 3.81. The van der Waals surface area contributed by atoms with Crippen molar-refractivity contribution in [2.45, 2.75) is 31.4 Å². The summed E-state index contributed by atoms with van der Waals surface area (Å²) in [5.74, 6) is 0.739. The Bertz CT molecular complexity index is 582. The SMILES string of the molecule is CCSC1CCCCN(c2ncc(C(=O)OC)cc2[N+](=O)[O-])C1. The Morgan fingerprint density at radius 2 is 2.35 bits per heavy atom. The summed E-state index contributed by atoms with van der Waals surface area (Å²) in [5, 5.41) is 11.9. The summed E-state index contributed by atoms with van der Waals surface area (Å²) in [6.07, 6.45) is 4.56. The van der Waals surface area contributed by atoms with Gasteiger partial charge in [0, 0.05) is 30.6 Å². The second-order valence-corrected chi connectivity index (χ2v) is 6.91. The smallest absolute Gasteiger partial charge is 0.339 e. The van der Waals surface area contributed by atoms with Crippen LogP contribution in [0.4, 0.5) is 11.5 Å². The van der Waals surface area contributed by atoms with Crippen LogP contribution in [0.2, 0.25) is 0 Å². The predicted molar refractivity (Wildman–Crippen MR) is 90.2 cm³/mol. The largest absolute Gasteiger partial charge is 0.465 e. The van der Waals surface area contributed by atoms with Crippen LogP contribution < -0.4 is 4.90 Å². The van der Waals surface area contributed by atoms with E-state index in [9.17, 15) is 14.9 Å². The molecule has 1 atom stereocenters. The first kappa shape index (κ1) is 17.5. The van der Waals surface area contributed by atoms with Gasteiger partial charge in [-0.05, 0) is 18.6 Å². The van der Waals surface area contributed by atoms with E-state index in [4.69, 9.17) is 0 Å². The third kappa shape index (κ3) is 4.34. The number of carbonyl (C=O) groups is 1. The van der Waals surface area contributed by atoms with Crippen LogP contribution in [0.3, 0.4) is 0 Å². The highest BCUT2D eigenvalue weighted by Crippen LogP contribution is 2.31. The minimum Gasteiger partial charge on any atom is -0.465 e. The number of thioether (sulfide) groups is 1. The Morgan fingerprint density at radius 3 is 3.00 bits per heavy atom. The van der Waals surface area contributed by atoms with Gasteiger partial charge in [0.1, 0.15) is 0 Å². The van der Waals surface area contributed by atoms with Crippen LogP contribution in [0, 0.1) is 10.1 Å². The molecule has 0 bridgehead atoms. The quantitative estimate of drug-likeness (QED) is 0.463. The van der Waals surface area contributed by atoms with Gasteiger partial charge in [-0.25, -0.2) is 9.78 Å². The summed E-state index contributed by atoms with van der Waals surface area (Å²) >= 11 is 1.88. The normalized spacial score (nSPS) is 18.3. The molecule has 0 N–H and O–H groups in total. The number of carbonyl (C=O) groups excluding carboxylic acids is 1. The molecule has 0 saturated carbocycles. The number of hydrogen-bond donors (Lipinski definition) is 0. The molecular formula is C15H21N3O4S. The molecule has 126 valence electrons. The maximum absolute atomic E-state index is 11.6. The van der Waals surface area contributed by atoms with Gasteiger partial charge in [-0.15, -0.1) is 0 Å². The Labute approximate surface area is 139 Å². The lowest BCUT2D eigenvalue weighted by molar-refractivity contribution is -0.384. The Morgan fingerprint density at radius 1 is 1.57 bits per heavy atom. The highest BCUT2D eigenvalue weighted by Gasteiger charge is 2.27. The van der Waals surface area contributed by atoms with Gasteiger partial charge in [0.15, 0.2) is 0 Å². The van der Waals surface area contributed by atoms with Crippen LogP contribution in [0.5, 0.6) is 0 Å². The Hall–Kier alpha value is -1.83. The molecule has 0 amide bonds.